The molecule has 0 radical (unpaired) electrons. The molecule has 6 heteroatoms. The topological polar surface area (TPSA) is 68.4 Å². The van der Waals surface area contributed by atoms with Crippen molar-refractivity contribution in [1.29, 1.82) is 0 Å². The molecule has 1 aromatic carbocycles. The first-order chi connectivity index (χ1) is 10.3. The second-order valence-corrected chi connectivity index (χ2v) is 5.13. The molecular weight excluding hydrogens is 288 g/mol. The Bertz CT molecular complexity index is 677. The number of hydrogen-bond acceptors (Lipinski definition) is 6. The second-order valence-electron chi connectivity index (χ2n) is 4.41. The molecule has 0 aliphatic carbocycles. The van der Waals surface area contributed by atoms with Crippen LogP contribution in [0.5, 0.6) is 5.75 Å². The molecule has 0 aliphatic rings. The predicted octanol–water partition coefficient (Wildman–Crippen LogP) is 2.91. The maximum Gasteiger partial charge on any atom is 0.226 e. The second kappa shape index (κ2) is 6.51. The first-order valence-corrected chi connectivity index (χ1v) is 7.45. The fraction of sp³-hybridized carbons (Fsp3) is 0.200. The summed E-state index contributed by atoms with van der Waals surface area (Å²) in [5.74, 6) is 1.32. The van der Waals surface area contributed by atoms with Crippen molar-refractivity contribution in [2.45, 2.75) is 13.0 Å². The Labute approximate surface area is 125 Å². The van der Waals surface area contributed by atoms with E-state index in [-0.39, 0.29) is 6.61 Å². The van der Waals surface area contributed by atoms with Crippen LogP contribution in [0.25, 0.3) is 11.5 Å². The van der Waals surface area contributed by atoms with Gasteiger partial charge in [0.2, 0.25) is 5.89 Å². The van der Waals surface area contributed by atoms with E-state index in [9.17, 15) is 0 Å². The van der Waals surface area contributed by atoms with E-state index < -0.39 is 0 Å². The zero-order valence-corrected chi connectivity index (χ0v) is 12.0. The lowest BCUT2D eigenvalue weighted by Gasteiger charge is -2.04. The lowest BCUT2D eigenvalue weighted by molar-refractivity contribution is 0.298. The Morgan fingerprint density at radius 3 is 2.76 bits per heavy atom. The van der Waals surface area contributed by atoms with Gasteiger partial charge in [-0.3, -0.25) is 0 Å². The van der Waals surface area contributed by atoms with Crippen molar-refractivity contribution in [3.05, 3.63) is 52.8 Å². The number of aromatic nitrogens is 2. The van der Waals surface area contributed by atoms with Gasteiger partial charge in [-0.05, 0) is 24.3 Å². The van der Waals surface area contributed by atoms with Gasteiger partial charge in [0.15, 0.2) is 0 Å². The van der Waals surface area contributed by atoms with Gasteiger partial charge in [0.25, 0.3) is 0 Å². The molecule has 5 nitrogen and oxygen atoms in total. The van der Waals surface area contributed by atoms with E-state index in [2.05, 4.69) is 9.97 Å². The summed E-state index contributed by atoms with van der Waals surface area (Å²) >= 11 is 1.55. The molecule has 0 bridgehead atoms. The van der Waals surface area contributed by atoms with Gasteiger partial charge in [-0.1, -0.05) is 0 Å². The van der Waals surface area contributed by atoms with E-state index in [1.165, 1.54) is 0 Å². The van der Waals surface area contributed by atoms with Crippen LogP contribution in [0.1, 0.15) is 11.4 Å². The summed E-state index contributed by atoms with van der Waals surface area (Å²) in [5, 5.41) is 10.8. The number of thiazole rings is 1. The van der Waals surface area contributed by atoms with Gasteiger partial charge in [0.1, 0.15) is 18.6 Å². The normalized spacial score (nSPS) is 10.7. The number of ether oxygens (including phenoxy) is 1. The summed E-state index contributed by atoms with van der Waals surface area (Å²) in [5.41, 5.74) is 4.33. The molecule has 0 atom stereocenters. The average Bonchev–Trinajstić information content (AvgIpc) is 3.17. The minimum atomic E-state index is 0.0649. The lowest BCUT2D eigenvalue weighted by atomic mass is 10.2. The molecule has 2 heterocycles. The van der Waals surface area contributed by atoms with Crippen LogP contribution in [0.3, 0.4) is 0 Å². The number of hydrogen-bond donors (Lipinski definition) is 1. The quantitative estimate of drug-likeness (QED) is 0.758. The monoisotopic (exact) mass is 302 g/mol. The van der Waals surface area contributed by atoms with Crippen LogP contribution in [0, 0.1) is 0 Å². The van der Waals surface area contributed by atoms with E-state index in [1.807, 2.05) is 29.6 Å². The Kier molecular flexibility index (Phi) is 4.28. The van der Waals surface area contributed by atoms with Crippen molar-refractivity contribution in [1.82, 2.24) is 9.97 Å². The summed E-state index contributed by atoms with van der Waals surface area (Å²) in [7, 11) is 0. The van der Waals surface area contributed by atoms with Crippen LogP contribution in [0.15, 0.2) is 45.8 Å². The first kappa shape index (κ1) is 13.8. The summed E-state index contributed by atoms with van der Waals surface area (Å²) in [6.45, 7) is 0.526. The highest BCUT2D eigenvalue weighted by molar-refractivity contribution is 7.07. The molecule has 1 N–H and O–H groups in total. The highest BCUT2D eigenvalue weighted by Crippen LogP contribution is 2.22. The number of nitrogens with zero attached hydrogens (tertiary/aromatic N) is 2. The smallest absolute Gasteiger partial charge is 0.226 e. The molecule has 0 amide bonds. The van der Waals surface area contributed by atoms with Gasteiger partial charge in [-0.2, -0.15) is 0 Å². The van der Waals surface area contributed by atoms with Crippen LogP contribution in [0.4, 0.5) is 0 Å². The maximum atomic E-state index is 8.87. The third kappa shape index (κ3) is 3.48. The predicted molar refractivity (Wildman–Crippen MR) is 79.2 cm³/mol. The lowest BCUT2D eigenvalue weighted by Crippen LogP contribution is -1.95. The van der Waals surface area contributed by atoms with Gasteiger partial charge in [0.05, 0.1) is 16.9 Å². The molecule has 3 aromatic rings. The number of aliphatic hydroxyl groups excluding tert-OH is 1. The summed E-state index contributed by atoms with van der Waals surface area (Å²) in [6, 6.07) is 7.53. The maximum absolute atomic E-state index is 8.87. The Morgan fingerprint density at radius 1 is 1.19 bits per heavy atom. The van der Waals surface area contributed by atoms with Gasteiger partial charge in [0, 0.05) is 24.0 Å². The van der Waals surface area contributed by atoms with E-state index in [0.29, 0.717) is 18.9 Å². The summed E-state index contributed by atoms with van der Waals surface area (Å²) < 4.78 is 11.0. The first-order valence-electron chi connectivity index (χ1n) is 6.51. The zero-order valence-electron chi connectivity index (χ0n) is 11.2. The number of benzene rings is 1. The molecule has 0 unspecified atom stereocenters. The molecule has 108 valence electrons. The largest absolute Gasteiger partial charge is 0.487 e. The Balaban J connectivity index is 1.65. The molecule has 0 fully saturated rings. The number of aliphatic hydroxyl groups is 1. The third-order valence-corrected chi connectivity index (χ3v) is 3.53. The van der Waals surface area contributed by atoms with Crippen molar-refractivity contribution < 1.29 is 14.3 Å². The van der Waals surface area contributed by atoms with Crippen molar-refractivity contribution in [2.24, 2.45) is 0 Å². The highest BCUT2D eigenvalue weighted by Gasteiger charge is 2.07. The molecule has 2 aromatic heterocycles. The molecule has 0 saturated heterocycles. The minimum absolute atomic E-state index is 0.0649. The van der Waals surface area contributed by atoms with Crippen LogP contribution in [-0.2, 0) is 13.0 Å². The fourth-order valence-electron chi connectivity index (χ4n) is 1.83. The van der Waals surface area contributed by atoms with Crippen LogP contribution >= 0.6 is 11.3 Å². The molecule has 0 saturated carbocycles. The van der Waals surface area contributed by atoms with Gasteiger partial charge >= 0.3 is 0 Å². The third-order valence-electron chi connectivity index (χ3n) is 2.89. The van der Waals surface area contributed by atoms with Crippen molar-refractivity contribution in [3.63, 3.8) is 0 Å². The zero-order chi connectivity index (χ0) is 14.5. The SMILES string of the molecule is OCCc1coc(-c2ccc(OCc3cscn3)cc2)n1. The number of rotatable bonds is 6. The van der Waals surface area contributed by atoms with Gasteiger partial charge in [-0.15, -0.1) is 11.3 Å². The number of oxazole rings is 1. The van der Waals surface area contributed by atoms with E-state index in [0.717, 1.165) is 22.7 Å². The summed E-state index contributed by atoms with van der Waals surface area (Å²) in [4.78, 5) is 8.48. The molecule has 21 heavy (non-hydrogen) atoms. The molecular formula is C15H14N2O3S. The Morgan fingerprint density at radius 2 is 2.05 bits per heavy atom. The summed E-state index contributed by atoms with van der Waals surface area (Å²) in [6.07, 6.45) is 2.07. The van der Waals surface area contributed by atoms with Crippen LogP contribution in [-0.4, -0.2) is 21.7 Å². The van der Waals surface area contributed by atoms with Crippen LogP contribution in [0.2, 0.25) is 0 Å². The van der Waals surface area contributed by atoms with Gasteiger partial charge in [-0.25, -0.2) is 9.97 Å². The molecule has 3 rings (SSSR count). The van der Waals surface area contributed by atoms with Crippen molar-refractivity contribution >= 4 is 11.3 Å². The highest BCUT2D eigenvalue weighted by atomic mass is 32.1. The van der Waals surface area contributed by atoms with Crippen LogP contribution < -0.4 is 4.74 Å². The fourth-order valence-corrected chi connectivity index (χ4v) is 2.37. The van der Waals surface area contributed by atoms with Crippen molar-refractivity contribution in [2.75, 3.05) is 6.61 Å². The van der Waals surface area contributed by atoms with E-state index >= 15 is 0 Å². The molecule has 0 aliphatic heterocycles. The standard InChI is InChI=1S/C15H14N2O3S/c18-6-5-12-7-20-15(17-12)11-1-3-14(4-2-11)19-8-13-9-21-10-16-13/h1-4,7,9-10,18H,5-6,8H2. The van der Waals surface area contributed by atoms with E-state index in [1.54, 1.807) is 23.1 Å². The minimum Gasteiger partial charge on any atom is -0.487 e. The average molecular weight is 302 g/mol. The Hall–Kier alpha value is -2.18. The molecule has 0 spiro atoms. The van der Waals surface area contributed by atoms with Crippen molar-refractivity contribution in [3.8, 4) is 17.2 Å². The van der Waals surface area contributed by atoms with E-state index in [4.69, 9.17) is 14.3 Å². The van der Waals surface area contributed by atoms with Gasteiger partial charge < -0.3 is 14.3 Å².